The van der Waals surface area contributed by atoms with Crippen molar-refractivity contribution in [3.63, 3.8) is 0 Å². The largest absolute Gasteiger partial charge is 0.391 e. The van der Waals surface area contributed by atoms with Crippen LogP contribution in [0.4, 0.5) is 0 Å². The van der Waals surface area contributed by atoms with E-state index in [1.807, 2.05) is 42.5 Å². The van der Waals surface area contributed by atoms with Gasteiger partial charge in [-0.15, -0.1) is 0 Å². The molecule has 2 aromatic carbocycles. The molecular formula is C17H18N2OS. The Labute approximate surface area is 129 Å². The van der Waals surface area contributed by atoms with E-state index in [4.69, 9.17) is 18.0 Å². The first-order chi connectivity index (χ1) is 10.1. The molecule has 0 atom stereocenters. The minimum absolute atomic E-state index is 0.101. The van der Waals surface area contributed by atoms with Crippen LogP contribution in [0, 0.1) is 0 Å². The Hall–Kier alpha value is -1.94. The van der Waals surface area contributed by atoms with Gasteiger partial charge in [-0.1, -0.05) is 55.4 Å². The molecule has 0 bridgehead atoms. The number of amides is 1. The summed E-state index contributed by atoms with van der Waals surface area (Å²) >= 11 is 5.18. The number of hydrogen-bond acceptors (Lipinski definition) is 2. The normalized spacial score (nSPS) is 16.8. The lowest BCUT2D eigenvalue weighted by Crippen LogP contribution is -2.54. The summed E-state index contributed by atoms with van der Waals surface area (Å²) in [5.74, 6) is -0.101. The maximum absolute atomic E-state index is 12.5. The van der Waals surface area contributed by atoms with E-state index in [-0.39, 0.29) is 5.91 Å². The number of nitrogens with one attached hydrogen (secondary N) is 1. The average Bonchev–Trinajstić information content (AvgIpc) is 2.96. The van der Waals surface area contributed by atoms with E-state index < -0.39 is 5.54 Å². The van der Waals surface area contributed by atoms with E-state index in [1.165, 1.54) is 0 Å². The van der Waals surface area contributed by atoms with Gasteiger partial charge in [0.1, 0.15) is 0 Å². The van der Waals surface area contributed by atoms with Crippen LogP contribution in [0.15, 0.2) is 42.5 Å². The fraction of sp³-hybridized carbons (Fsp3) is 0.294. The van der Waals surface area contributed by atoms with Gasteiger partial charge in [0.15, 0.2) is 0 Å². The van der Waals surface area contributed by atoms with Crippen LogP contribution < -0.4 is 11.1 Å². The molecular weight excluding hydrogens is 280 g/mol. The van der Waals surface area contributed by atoms with Crippen LogP contribution in [0.25, 0.3) is 10.8 Å². The van der Waals surface area contributed by atoms with E-state index in [0.717, 1.165) is 36.5 Å². The maximum atomic E-state index is 12.5. The average molecular weight is 298 g/mol. The summed E-state index contributed by atoms with van der Waals surface area (Å²) in [5.41, 5.74) is 6.01. The Morgan fingerprint density at radius 3 is 2.43 bits per heavy atom. The van der Waals surface area contributed by atoms with Gasteiger partial charge >= 0.3 is 0 Å². The van der Waals surface area contributed by atoms with Crippen LogP contribution in [0.1, 0.15) is 36.0 Å². The third kappa shape index (κ3) is 2.63. The van der Waals surface area contributed by atoms with Crippen molar-refractivity contribution in [2.45, 2.75) is 31.2 Å². The summed E-state index contributed by atoms with van der Waals surface area (Å²) in [6, 6.07) is 13.7. The number of rotatable bonds is 3. The molecule has 0 spiro atoms. The molecule has 1 aliphatic carbocycles. The molecule has 0 aliphatic heterocycles. The summed E-state index contributed by atoms with van der Waals surface area (Å²) in [6.07, 6.45) is 3.77. The van der Waals surface area contributed by atoms with Crippen LogP contribution in [-0.4, -0.2) is 16.4 Å². The van der Waals surface area contributed by atoms with Crippen molar-refractivity contribution in [2.24, 2.45) is 5.73 Å². The second-order valence-electron chi connectivity index (χ2n) is 5.67. The molecule has 0 aromatic heterocycles. The number of hydrogen-bond donors (Lipinski definition) is 2. The number of fused-ring (bicyclic) bond motifs is 1. The van der Waals surface area contributed by atoms with Crippen molar-refractivity contribution >= 4 is 33.9 Å². The second-order valence-corrected chi connectivity index (χ2v) is 6.11. The molecule has 1 fully saturated rings. The van der Waals surface area contributed by atoms with Crippen LogP contribution >= 0.6 is 12.2 Å². The Bertz CT molecular complexity index is 705. The number of benzene rings is 2. The second kappa shape index (κ2) is 5.45. The highest BCUT2D eigenvalue weighted by Crippen LogP contribution is 2.30. The van der Waals surface area contributed by atoms with Gasteiger partial charge in [-0.3, -0.25) is 4.79 Å². The lowest BCUT2D eigenvalue weighted by Gasteiger charge is -2.29. The molecule has 0 radical (unpaired) electrons. The van der Waals surface area contributed by atoms with Crippen LogP contribution in [0.5, 0.6) is 0 Å². The van der Waals surface area contributed by atoms with Crippen molar-refractivity contribution in [2.75, 3.05) is 0 Å². The van der Waals surface area contributed by atoms with Gasteiger partial charge in [0.05, 0.1) is 10.5 Å². The fourth-order valence-corrected chi connectivity index (χ4v) is 3.29. The van der Waals surface area contributed by atoms with Gasteiger partial charge in [-0.25, -0.2) is 0 Å². The molecule has 1 saturated carbocycles. The quantitative estimate of drug-likeness (QED) is 0.856. The summed E-state index contributed by atoms with van der Waals surface area (Å²) in [6.45, 7) is 0. The SMILES string of the molecule is NC(=S)C1(NC(=O)c2ccc3ccccc3c2)CCCC1. The lowest BCUT2D eigenvalue weighted by atomic mass is 9.96. The summed E-state index contributed by atoms with van der Waals surface area (Å²) in [5, 5.41) is 5.25. The summed E-state index contributed by atoms with van der Waals surface area (Å²) in [4.78, 5) is 12.9. The number of nitrogens with two attached hydrogens (primary N) is 1. The van der Waals surface area contributed by atoms with Crippen LogP contribution in [0.3, 0.4) is 0 Å². The van der Waals surface area contributed by atoms with E-state index in [1.54, 1.807) is 0 Å². The van der Waals surface area contributed by atoms with E-state index >= 15 is 0 Å². The standard InChI is InChI=1S/C17H18N2OS/c18-16(21)17(9-3-4-10-17)19-15(20)14-8-7-12-5-1-2-6-13(12)11-14/h1-2,5-8,11H,3-4,9-10H2,(H2,18,21)(H,19,20). The van der Waals surface area contributed by atoms with Gasteiger partial charge in [-0.05, 0) is 35.7 Å². The van der Waals surface area contributed by atoms with Gasteiger partial charge in [0, 0.05) is 5.56 Å². The molecule has 1 amide bonds. The summed E-state index contributed by atoms with van der Waals surface area (Å²) < 4.78 is 0. The van der Waals surface area contributed by atoms with E-state index in [9.17, 15) is 4.79 Å². The molecule has 4 heteroatoms. The maximum Gasteiger partial charge on any atom is 0.252 e. The minimum atomic E-state index is -0.502. The third-order valence-corrected chi connectivity index (χ3v) is 4.68. The molecule has 0 saturated heterocycles. The van der Waals surface area contributed by atoms with Crippen LogP contribution in [-0.2, 0) is 0 Å². The summed E-state index contributed by atoms with van der Waals surface area (Å²) in [7, 11) is 0. The highest BCUT2D eigenvalue weighted by Gasteiger charge is 2.38. The van der Waals surface area contributed by atoms with Crippen molar-refractivity contribution in [3.8, 4) is 0 Å². The topological polar surface area (TPSA) is 55.1 Å². The predicted molar refractivity (Wildman–Crippen MR) is 89.4 cm³/mol. The smallest absolute Gasteiger partial charge is 0.252 e. The molecule has 0 heterocycles. The van der Waals surface area contributed by atoms with Crippen LogP contribution in [0.2, 0.25) is 0 Å². The molecule has 3 N–H and O–H groups in total. The van der Waals surface area contributed by atoms with E-state index in [0.29, 0.717) is 10.6 Å². The monoisotopic (exact) mass is 298 g/mol. The molecule has 3 rings (SSSR count). The molecule has 1 aliphatic rings. The fourth-order valence-electron chi connectivity index (χ4n) is 3.03. The van der Waals surface area contributed by atoms with Gasteiger partial charge in [-0.2, -0.15) is 0 Å². The van der Waals surface area contributed by atoms with E-state index in [2.05, 4.69) is 5.32 Å². The molecule has 0 unspecified atom stereocenters. The van der Waals surface area contributed by atoms with Gasteiger partial charge in [0.25, 0.3) is 5.91 Å². The zero-order valence-corrected chi connectivity index (χ0v) is 12.6. The van der Waals surface area contributed by atoms with Gasteiger partial charge in [0.2, 0.25) is 0 Å². The highest BCUT2D eigenvalue weighted by atomic mass is 32.1. The first-order valence-electron chi connectivity index (χ1n) is 7.22. The zero-order chi connectivity index (χ0) is 14.9. The number of carbonyl (C=O) groups excluding carboxylic acids is 1. The Morgan fingerprint density at radius 1 is 1.10 bits per heavy atom. The Kier molecular flexibility index (Phi) is 3.64. The third-order valence-electron chi connectivity index (χ3n) is 4.29. The minimum Gasteiger partial charge on any atom is -0.391 e. The molecule has 3 nitrogen and oxygen atoms in total. The predicted octanol–water partition coefficient (Wildman–Crippen LogP) is 3.17. The van der Waals surface area contributed by atoms with Gasteiger partial charge < -0.3 is 11.1 Å². The molecule has 21 heavy (non-hydrogen) atoms. The highest BCUT2D eigenvalue weighted by molar-refractivity contribution is 7.80. The zero-order valence-electron chi connectivity index (χ0n) is 11.8. The number of carbonyl (C=O) groups is 1. The first-order valence-corrected chi connectivity index (χ1v) is 7.63. The van der Waals surface area contributed by atoms with Crippen molar-refractivity contribution in [1.29, 1.82) is 0 Å². The van der Waals surface area contributed by atoms with Crippen molar-refractivity contribution in [1.82, 2.24) is 5.32 Å². The lowest BCUT2D eigenvalue weighted by molar-refractivity contribution is 0.0924. The van der Waals surface area contributed by atoms with Crippen molar-refractivity contribution < 1.29 is 4.79 Å². The molecule has 108 valence electrons. The Balaban J connectivity index is 1.88. The number of thiocarbonyl (C=S) groups is 1. The first kappa shape index (κ1) is 14.0. The van der Waals surface area contributed by atoms with Crippen molar-refractivity contribution in [3.05, 3.63) is 48.0 Å². The Morgan fingerprint density at radius 2 is 1.76 bits per heavy atom. The molecule has 2 aromatic rings.